The molecule has 0 bridgehead atoms. The maximum Gasteiger partial charge on any atom is 0.243 e. The first-order valence-electron chi connectivity index (χ1n) is 11.6. The van der Waals surface area contributed by atoms with Gasteiger partial charge < -0.3 is 10.2 Å². The second-order valence-corrected chi connectivity index (χ2v) is 10.7. The number of rotatable bonds is 6. The molecule has 0 radical (unpaired) electrons. The number of nitrogens with zero attached hydrogens (tertiary/aromatic N) is 2. The van der Waals surface area contributed by atoms with Crippen LogP contribution >= 0.6 is 0 Å². The van der Waals surface area contributed by atoms with E-state index in [1.807, 2.05) is 37.3 Å². The molecular weight excluding hydrogens is 438 g/mol. The standard InChI is InChI=1S/C25H31N3O4S/c1-2-27(17-19-8-4-3-5-9-19)25(30)21-11-7-15-28(18-21)33(31,32)22-13-14-23-20(16-22)10-6-12-24(29)26-23/h3-5,8-9,13-14,16,21H,2,6-7,10-12,15,17-18H2,1H3,(H,26,29). The Morgan fingerprint density at radius 1 is 1.12 bits per heavy atom. The summed E-state index contributed by atoms with van der Waals surface area (Å²) in [7, 11) is -3.73. The molecule has 2 aliphatic rings. The molecule has 1 fully saturated rings. The van der Waals surface area contributed by atoms with E-state index in [0.717, 1.165) is 11.1 Å². The first-order chi connectivity index (χ1) is 15.9. The van der Waals surface area contributed by atoms with Gasteiger partial charge in [-0.1, -0.05) is 30.3 Å². The van der Waals surface area contributed by atoms with E-state index in [9.17, 15) is 18.0 Å². The van der Waals surface area contributed by atoms with Crippen LogP contribution in [0.25, 0.3) is 0 Å². The van der Waals surface area contributed by atoms with Crippen LogP contribution in [-0.2, 0) is 32.6 Å². The summed E-state index contributed by atoms with van der Waals surface area (Å²) in [5.74, 6) is -0.388. The molecule has 176 valence electrons. The summed E-state index contributed by atoms with van der Waals surface area (Å²) in [5.41, 5.74) is 2.58. The Hall–Kier alpha value is -2.71. The number of benzene rings is 2. The van der Waals surface area contributed by atoms with Crippen LogP contribution in [0.4, 0.5) is 5.69 Å². The van der Waals surface area contributed by atoms with Crippen LogP contribution in [0.5, 0.6) is 0 Å². The van der Waals surface area contributed by atoms with Crippen molar-refractivity contribution < 1.29 is 18.0 Å². The molecule has 2 aliphatic heterocycles. The third-order valence-electron chi connectivity index (χ3n) is 6.48. The van der Waals surface area contributed by atoms with E-state index >= 15 is 0 Å². The topological polar surface area (TPSA) is 86.8 Å². The van der Waals surface area contributed by atoms with Crippen molar-refractivity contribution in [2.45, 2.75) is 50.5 Å². The fraction of sp³-hybridized carbons (Fsp3) is 0.440. The highest BCUT2D eigenvalue weighted by molar-refractivity contribution is 7.89. The van der Waals surface area contributed by atoms with E-state index in [4.69, 9.17) is 0 Å². The maximum absolute atomic E-state index is 13.4. The van der Waals surface area contributed by atoms with Crippen LogP contribution in [0, 0.1) is 5.92 Å². The molecule has 2 heterocycles. The number of sulfonamides is 1. The van der Waals surface area contributed by atoms with Crippen LogP contribution in [0.3, 0.4) is 0 Å². The van der Waals surface area contributed by atoms with E-state index in [2.05, 4.69) is 5.32 Å². The lowest BCUT2D eigenvalue weighted by molar-refractivity contribution is -0.137. The number of carbonyl (C=O) groups is 2. The SMILES string of the molecule is CCN(Cc1ccccc1)C(=O)C1CCCN(S(=O)(=O)c2ccc3c(c2)CCCC(=O)N3)C1. The van der Waals surface area contributed by atoms with Crippen molar-refractivity contribution >= 4 is 27.5 Å². The van der Waals surface area contributed by atoms with Gasteiger partial charge in [-0.3, -0.25) is 9.59 Å². The zero-order chi connectivity index (χ0) is 23.4. The largest absolute Gasteiger partial charge is 0.338 e. The van der Waals surface area contributed by atoms with Crippen molar-refractivity contribution in [1.82, 2.24) is 9.21 Å². The van der Waals surface area contributed by atoms with E-state index < -0.39 is 10.0 Å². The molecule has 1 atom stereocenters. The van der Waals surface area contributed by atoms with Crippen molar-refractivity contribution in [2.75, 3.05) is 25.0 Å². The smallest absolute Gasteiger partial charge is 0.243 e. The number of aryl methyl sites for hydroxylation is 1. The van der Waals surface area contributed by atoms with Gasteiger partial charge in [-0.25, -0.2) is 8.42 Å². The maximum atomic E-state index is 13.4. The molecule has 0 aliphatic carbocycles. The van der Waals surface area contributed by atoms with Crippen LogP contribution in [-0.4, -0.2) is 49.1 Å². The van der Waals surface area contributed by atoms with Crippen molar-refractivity contribution in [1.29, 1.82) is 0 Å². The minimum atomic E-state index is -3.73. The summed E-state index contributed by atoms with van der Waals surface area (Å²) < 4.78 is 28.3. The van der Waals surface area contributed by atoms with Gasteiger partial charge >= 0.3 is 0 Å². The van der Waals surface area contributed by atoms with E-state index in [1.165, 1.54) is 4.31 Å². The van der Waals surface area contributed by atoms with Gasteiger partial charge in [0.15, 0.2) is 0 Å². The fourth-order valence-electron chi connectivity index (χ4n) is 4.63. The summed E-state index contributed by atoms with van der Waals surface area (Å²) in [4.78, 5) is 27.1. The number of amides is 2. The van der Waals surface area contributed by atoms with Gasteiger partial charge in [0.2, 0.25) is 21.8 Å². The number of piperidine rings is 1. The second-order valence-electron chi connectivity index (χ2n) is 8.76. The molecule has 2 aromatic rings. The van der Waals surface area contributed by atoms with E-state index in [1.54, 1.807) is 23.1 Å². The molecule has 1 N–H and O–H groups in total. The lowest BCUT2D eigenvalue weighted by Crippen LogP contribution is -2.46. The lowest BCUT2D eigenvalue weighted by atomic mass is 9.98. The molecule has 4 rings (SSSR count). The number of carbonyl (C=O) groups excluding carboxylic acids is 2. The summed E-state index contributed by atoms with van der Waals surface area (Å²) in [6.45, 7) is 3.65. The molecule has 2 amide bonds. The molecule has 7 nitrogen and oxygen atoms in total. The molecule has 33 heavy (non-hydrogen) atoms. The van der Waals surface area contributed by atoms with Gasteiger partial charge in [-0.2, -0.15) is 4.31 Å². The molecule has 1 saturated heterocycles. The molecule has 0 spiro atoms. The van der Waals surface area contributed by atoms with Gasteiger partial charge in [0, 0.05) is 38.3 Å². The van der Waals surface area contributed by atoms with Crippen LogP contribution in [0.1, 0.15) is 43.7 Å². The minimum Gasteiger partial charge on any atom is -0.338 e. The first-order valence-corrected chi connectivity index (χ1v) is 13.1. The Morgan fingerprint density at radius 3 is 2.67 bits per heavy atom. The molecular formula is C25H31N3O4S. The van der Waals surface area contributed by atoms with Gasteiger partial charge in [-0.05, 0) is 61.9 Å². The highest BCUT2D eigenvalue weighted by Crippen LogP contribution is 2.29. The van der Waals surface area contributed by atoms with Gasteiger partial charge in [-0.15, -0.1) is 0 Å². The number of hydrogen-bond donors (Lipinski definition) is 1. The van der Waals surface area contributed by atoms with Crippen molar-refractivity contribution in [3.05, 3.63) is 59.7 Å². The molecule has 0 saturated carbocycles. The molecule has 8 heteroatoms. The predicted octanol–water partition coefficient (Wildman–Crippen LogP) is 3.41. The Morgan fingerprint density at radius 2 is 1.91 bits per heavy atom. The molecule has 2 aromatic carbocycles. The minimum absolute atomic E-state index is 0.00546. The summed E-state index contributed by atoms with van der Waals surface area (Å²) in [6, 6.07) is 14.7. The second kappa shape index (κ2) is 10.1. The number of anilines is 1. The Balaban J connectivity index is 1.50. The van der Waals surface area contributed by atoms with Gasteiger partial charge in [0.05, 0.1) is 10.8 Å². The van der Waals surface area contributed by atoms with Crippen molar-refractivity contribution in [2.24, 2.45) is 5.92 Å². The number of hydrogen-bond acceptors (Lipinski definition) is 4. The number of nitrogens with one attached hydrogen (secondary N) is 1. The third-order valence-corrected chi connectivity index (χ3v) is 8.34. The van der Waals surface area contributed by atoms with E-state index in [-0.39, 0.29) is 29.2 Å². The van der Waals surface area contributed by atoms with Gasteiger partial charge in [0.25, 0.3) is 0 Å². The average Bonchev–Trinajstić information content (AvgIpc) is 3.02. The highest BCUT2D eigenvalue weighted by Gasteiger charge is 2.35. The Bertz CT molecular complexity index is 1120. The Kier molecular flexibility index (Phi) is 7.14. The fourth-order valence-corrected chi connectivity index (χ4v) is 6.21. The molecule has 0 aromatic heterocycles. The highest BCUT2D eigenvalue weighted by atomic mass is 32.2. The lowest BCUT2D eigenvalue weighted by Gasteiger charge is -2.34. The summed E-state index contributed by atoms with van der Waals surface area (Å²) in [6.07, 6.45) is 3.12. The summed E-state index contributed by atoms with van der Waals surface area (Å²) in [5, 5.41) is 2.84. The van der Waals surface area contributed by atoms with Crippen LogP contribution in [0.15, 0.2) is 53.4 Å². The monoisotopic (exact) mass is 469 g/mol. The van der Waals surface area contributed by atoms with Crippen LogP contribution in [0.2, 0.25) is 0 Å². The predicted molar refractivity (Wildman–Crippen MR) is 127 cm³/mol. The van der Waals surface area contributed by atoms with Crippen molar-refractivity contribution in [3.8, 4) is 0 Å². The quantitative estimate of drug-likeness (QED) is 0.702. The average molecular weight is 470 g/mol. The molecule has 1 unspecified atom stereocenters. The zero-order valence-electron chi connectivity index (χ0n) is 19.0. The zero-order valence-corrected chi connectivity index (χ0v) is 19.8. The normalized spacial score (nSPS) is 19.3. The van der Waals surface area contributed by atoms with Gasteiger partial charge in [0.1, 0.15) is 0 Å². The van der Waals surface area contributed by atoms with Crippen LogP contribution < -0.4 is 5.32 Å². The third kappa shape index (κ3) is 5.28. The van der Waals surface area contributed by atoms with E-state index in [0.29, 0.717) is 57.4 Å². The first kappa shape index (κ1) is 23.4. The van der Waals surface area contributed by atoms with Crippen molar-refractivity contribution in [3.63, 3.8) is 0 Å². The number of fused-ring (bicyclic) bond motifs is 1. The Labute approximate surface area is 195 Å². The summed E-state index contributed by atoms with van der Waals surface area (Å²) >= 11 is 0.